The Hall–Kier alpha value is -0.970. The predicted molar refractivity (Wildman–Crippen MR) is 107 cm³/mol. The molecule has 0 radical (unpaired) electrons. The first kappa shape index (κ1) is 21.1. The number of rotatable bonds is 5. The van der Waals surface area contributed by atoms with E-state index in [0.717, 1.165) is 26.1 Å². The van der Waals surface area contributed by atoms with Gasteiger partial charge in [0.15, 0.2) is 0 Å². The fraction of sp³-hybridized carbons (Fsp3) is 0.600. The van der Waals surface area contributed by atoms with Gasteiger partial charge in [0.05, 0.1) is 6.10 Å². The van der Waals surface area contributed by atoms with Crippen LogP contribution in [0.25, 0.3) is 0 Å². The second kappa shape index (κ2) is 10.8. The van der Waals surface area contributed by atoms with E-state index in [1.807, 2.05) is 24.0 Å². The van der Waals surface area contributed by atoms with Gasteiger partial charge >= 0.3 is 0 Å². The number of hydrogen-bond acceptors (Lipinski definition) is 4. The normalized spacial score (nSPS) is 21.0. The van der Waals surface area contributed by atoms with Crippen molar-refractivity contribution >= 4 is 11.8 Å². The van der Waals surface area contributed by atoms with Crippen LogP contribution in [0.4, 0.5) is 0 Å². The summed E-state index contributed by atoms with van der Waals surface area (Å²) in [5.41, 5.74) is 1.29. The Bertz CT molecular complexity index is 458. The van der Waals surface area contributed by atoms with E-state index in [-0.39, 0.29) is 6.10 Å². The topological polar surface area (TPSA) is 35.5 Å². The van der Waals surface area contributed by atoms with Crippen LogP contribution in [0.2, 0.25) is 0 Å². The second-order valence-electron chi connectivity index (χ2n) is 7.23. The smallest absolute Gasteiger partial charge is 0.0755 e. The molecular formula is C20H34N2OS. The highest BCUT2D eigenvalue weighted by Crippen LogP contribution is 2.18. The number of thioether (sulfide) groups is 1. The Morgan fingerprint density at radius 2 is 1.96 bits per heavy atom. The van der Waals surface area contributed by atoms with Gasteiger partial charge in [-0.1, -0.05) is 57.7 Å². The summed E-state index contributed by atoms with van der Waals surface area (Å²) in [4.78, 5) is 2.08. The predicted octanol–water partition coefficient (Wildman–Crippen LogP) is 3.75. The van der Waals surface area contributed by atoms with Gasteiger partial charge in [-0.05, 0) is 24.4 Å². The summed E-state index contributed by atoms with van der Waals surface area (Å²) in [6.07, 6.45) is 4.71. The minimum atomic E-state index is -0.250. The third kappa shape index (κ3) is 8.76. The molecule has 1 aromatic carbocycles. The van der Waals surface area contributed by atoms with Crippen LogP contribution >= 0.6 is 11.8 Å². The Labute approximate surface area is 152 Å². The molecule has 1 heterocycles. The molecule has 0 amide bonds. The van der Waals surface area contributed by atoms with Gasteiger partial charge in [0.1, 0.15) is 0 Å². The number of aliphatic hydroxyl groups excluding tert-OH is 1. The van der Waals surface area contributed by atoms with Gasteiger partial charge in [0.2, 0.25) is 0 Å². The molecule has 2 atom stereocenters. The van der Waals surface area contributed by atoms with Gasteiger partial charge in [-0.25, -0.2) is 0 Å². The molecule has 1 aliphatic rings. The van der Waals surface area contributed by atoms with Crippen LogP contribution in [-0.4, -0.2) is 46.7 Å². The third-order valence-electron chi connectivity index (χ3n) is 4.20. The Balaban J connectivity index is 0.000000413. The molecule has 0 bridgehead atoms. The monoisotopic (exact) mass is 350 g/mol. The van der Waals surface area contributed by atoms with Gasteiger partial charge in [-0.3, -0.25) is 0 Å². The number of nitrogens with one attached hydrogen (secondary N) is 1. The first-order valence-corrected chi connectivity index (χ1v) is 9.92. The lowest BCUT2D eigenvalue weighted by atomic mass is 9.94. The summed E-state index contributed by atoms with van der Waals surface area (Å²) in [5.74, 6) is 0.352. The lowest BCUT2D eigenvalue weighted by Crippen LogP contribution is -2.44. The van der Waals surface area contributed by atoms with E-state index in [4.69, 9.17) is 0 Å². The maximum atomic E-state index is 10.0. The molecule has 4 heteroatoms. The lowest BCUT2D eigenvalue weighted by molar-refractivity contribution is 0.0403. The number of nitrogens with zero attached hydrogens (tertiary/aromatic N) is 1. The number of piperidine rings is 1. The van der Waals surface area contributed by atoms with Crippen molar-refractivity contribution in [1.29, 1.82) is 0 Å². The molecular weight excluding hydrogens is 316 g/mol. The molecule has 1 saturated heterocycles. The van der Waals surface area contributed by atoms with Gasteiger partial charge < -0.3 is 15.3 Å². The molecule has 0 saturated carbocycles. The minimum absolute atomic E-state index is 0.250. The number of aliphatic hydroxyl groups is 1. The molecule has 136 valence electrons. The highest BCUT2D eigenvalue weighted by atomic mass is 32.2. The SMILES string of the molecule is C=CN1CC[C@@H](CNCc2ccccc2)[C@H](O)C1.CSC(C)(C)C. The highest BCUT2D eigenvalue weighted by molar-refractivity contribution is 7.99. The van der Waals surface area contributed by atoms with Crippen molar-refractivity contribution in [3.05, 3.63) is 48.7 Å². The van der Waals surface area contributed by atoms with Crippen molar-refractivity contribution in [3.8, 4) is 0 Å². The molecule has 2 rings (SSSR count). The van der Waals surface area contributed by atoms with Crippen molar-refractivity contribution in [2.24, 2.45) is 5.92 Å². The van der Waals surface area contributed by atoms with E-state index < -0.39 is 0 Å². The summed E-state index contributed by atoms with van der Waals surface area (Å²) in [6.45, 7) is 13.8. The largest absolute Gasteiger partial charge is 0.391 e. The first-order valence-electron chi connectivity index (χ1n) is 8.70. The number of likely N-dealkylation sites (tertiary alicyclic amines) is 1. The summed E-state index contributed by atoms with van der Waals surface area (Å²) >= 11 is 1.88. The summed E-state index contributed by atoms with van der Waals surface area (Å²) in [6, 6.07) is 10.4. The second-order valence-corrected chi connectivity index (χ2v) is 8.86. The fourth-order valence-electron chi connectivity index (χ4n) is 2.41. The number of β-amino-alcohol motifs (C(OH)–C–C–N with tert-alkyl or cyclic N) is 1. The standard InChI is InChI=1S/C15H22N2O.C5H12S/c1-2-17-9-8-14(15(18)12-17)11-16-10-13-6-4-3-5-7-13;1-5(2,3)6-4/h2-7,14-16,18H,1,8-12H2;1-4H3/t14-,15+;/m0./s1. The van der Waals surface area contributed by atoms with Crippen LogP contribution in [0.3, 0.4) is 0 Å². The van der Waals surface area contributed by atoms with E-state index in [1.165, 1.54) is 5.56 Å². The van der Waals surface area contributed by atoms with Gasteiger partial charge in [0, 0.05) is 36.8 Å². The van der Waals surface area contributed by atoms with E-state index >= 15 is 0 Å². The van der Waals surface area contributed by atoms with Crippen molar-refractivity contribution in [1.82, 2.24) is 10.2 Å². The molecule has 0 aliphatic carbocycles. The zero-order chi connectivity index (χ0) is 18.0. The molecule has 1 aromatic rings. The van der Waals surface area contributed by atoms with Crippen LogP contribution < -0.4 is 5.32 Å². The highest BCUT2D eigenvalue weighted by Gasteiger charge is 2.25. The molecule has 2 N–H and O–H groups in total. The summed E-state index contributed by atoms with van der Waals surface area (Å²) in [7, 11) is 0. The van der Waals surface area contributed by atoms with Gasteiger partial charge in [-0.15, -0.1) is 0 Å². The van der Waals surface area contributed by atoms with Crippen molar-refractivity contribution < 1.29 is 5.11 Å². The molecule has 3 nitrogen and oxygen atoms in total. The van der Waals surface area contributed by atoms with E-state index in [9.17, 15) is 5.11 Å². The average Bonchev–Trinajstić information content (AvgIpc) is 2.57. The first-order chi connectivity index (χ1) is 11.4. The minimum Gasteiger partial charge on any atom is -0.391 e. The van der Waals surface area contributed by atoms with Crippen LogP contribution in [0.5, 0.6) is 0 Å². The van der Waals surface area contributed by atoms with Gasteiger partial charge in [0.25, 0.3) is 0 Å². The molecule has 0 unspecified atom stereocenters. The number of hydrogen-bond donors (Lipinski definition) is 2. The molecule has 0 spiro atoms. The maximum Gasteiger partial charge on any atom is 0.0755 e. The third-order valence-corrected chi connectivity index (χ3v) is 5.43. The van der Waals surface area contributed by atoms with Crippen LogP contribution in [0.1, 0.15) is 32.8 Å². The maximum absolute atomic E-state index is 10.0. The fourth-order valence-corrected chi connectivity index (χ4v) is 2.41. The van der Waals surface area contributed by atoms with Crippen LogP contribution in [-0.2, 0) is 6.54 Å². The van der Waals surface area contributed by atoms with E-state index in [2.05, 4.69) is 68.1 Å². The zero-order valence-electron chi connectivity index (χ0n) is 15.7. The van der Waals surface area contributed by atoms with Crippen LogP contribution in [0.15, 0.2) is 43.1 Å². The Kier molecular flexibility index (Phi) is 9.49. The van der Waals surface area contributed by atoms with Crippen molar-refractivity contribution in [3.63, 3.8) is 0 Å². The van der Waals surface area contributed by atoms with E-state index in [1.54, 1.807) is 0 Å². The molecule has 24 heavy (non-hydrogen) atoms. The van der Waals surface area contributed by atoms with Crippen LogP contribution in [0, 0.1) is 5.92 Å². The zero-order valence-corrected chi connectivity index (χ0v) is 16.5. The quantitative estimate of drug-likeness (QED) is 0.848. The average molecular weight is 351 g/mol. The molecule has 1 fully saturated rings. The number of benzene rings is 1. The van der Waals surface area contributed by atoms with E-state index in [0.29, 0.717) is 17.2 Å². The molecule has 0 aromatic heterocycles. The van der Waals surface area contributed by atoms with Crippen molar-refractivity contribution in [2.45, 2.75) is 44.6 Å². The van der Waals surface area contributed by atoms with Gasteiger partial charge in [-0.2, -0.15) is 11.8 Å². The van der Waals surface area contributed by atoms with Crippen molar-refractivity contribution in [2.75, 3.05) is 25.9 Å². The Morgan fingerprint density at radius 1 is 1.33 bits per heavy atom. The molecule has 1 aliphatic heterocycles. The Morgan fingerprint density at radius 3 is 2.46 bits per heavy atom. The summed E-state index contributed by atoms with van der Waals surface area (Å²) < 4.78 is 0.458. The lowest BCUT2D eigenvalue weighted by Gasteiger charge is -2.35. The summed E-state index contributed by atoms with van der Waals surface area (Å²) in [5, 5.41) is 13.5.